The van der Waals surface area contributed by atoms with Crippen LogP contribution in [0.3, 0.4) is 0 Å². The molecule has 0 fully saturated rings. The van der Waals surface area contributed by atoms with E-state index in [1.807, 2.05) is 44.2 Å². The van der Waals surface area contributed by atoms with Gasteiger partial charge in [0.1, 0.15) is 0 Å². The molecular weight excluding hydrogens is 264 g/mol. The average molecular weight is 284 g/mol. The van der Waals surface area contributed by atoms with Gasteiger partial charge in [0.2, 0.25) is 0 Å². The summed E-state index contributed by atoms with van der Waals surface area (Å²) in [5, 5.41) is 18.2. The van der Waals surface area contributed by atoms with Gasteiger partial charge in [0.05, 0.1) is 0 Å². The van der Waals surface area contributed by atoms with E-state index in [0.29, 0.717) is 0 Å². The zero-order valence-electron chi connectivity index (χ0n) is 12.3. The van der Waals surface area contributed by atoms with Crippen molar-refractivity contribution in [3.63, 3.8) is 0 Å². The van der Waals surface area contributed by atoms with Crippen LogP contribution >= 0.6 is 0 Å². The molecule has 0 aliphatic rings. The minimum absolute atomic E-state index is 0.141. The van der Waals surface area contributed by atoms with Gasteiger partial charge in [-0.2, -0.15) is 0 Å². The molecule has 0 aliphatic carbocycles. The number of carboxylic acid groups (broad SMARTS) is 1. The number of benzene rings is 2. The van der Waals surface area contributed by atoms with E-state index in [2.05, 4.69) is 12.1 Å². The maximum absolute atomic E-state index is 10.7. The molecule has 2 rings (SSSR count). The van der Waals surface area contributed by atoms with Crippen molar-refractivity contribution < 1.29 is 15.0 Å². The maximum Gasteiger partial charge on any atom is 0.332 e. The lowest BCUT2D eigenvalue weighted by Crippen LogP contribution is -2.22. The average Bonchev–Trinajstić information content (AvgIpc) is 2.44. The Morgan fingerprint density at radius 2 is 1.62 bits per heavy atom. The quantitative estimate of drug-likeness (QED) is 0.887. The third kappa shape index (κ3) is 3.92. The van der Waals surface area contributed by atoms with Crippen LogP contribution in [0, 0.1) is 13.8 Å². The topological polar surface area (TPSA) is 57.5 Å². The molecule has 0 unspecified atom stereocenters. The molecule has 3 heteroatoms. The summed E-state index contributed by atoms with van der Waals surface area (Å²) in [7, 11) is 0. The first-order chi connectivity index (χ1) is 9.97. The summed E-state index contributed by atoms with van der Waals surface area (Å²) in [4.78, 5) is 10.7. The molecule has 1 atom stereocenters. The van der Waals surface area contributed by atoms with Crippen LogP contribution in [0.5, 0.6) is 0 Å². The number of aliphatic carboxylic acids is 1. The first kappa shape index (κ1) is 15.3. The molecule has 0 radical (unpaired) electrons. The van der Waals surface area contributed by atoms with Crippen molar-refractivity contribution in [3.8, 4) is 0 Å². The Balaban J connectivity index is 2.23. The standard InChI is InChI=1S/C18H20O3/c1-12-8-15(11-17(19)18(20)21)9-13(2)16(12)10-14-6-4-3-5-7-14/h3-9,17,19H,10-11H2,1-2H3,(H,20,21)/t17-/m1/s1. The van der Waals surface area contributed by atoms with Crippen molar-refractivity contribution >= 4 is 5.97 Å². The Labute approximate surface area is 124 Å². The summed E-state index contributed by atoms with van der Waals surface area (Å²) >= 11 is 0. The molecule has 0 saturated carbocycles. The van der Waals surface area contributed by atoms with Crippen LogP contribution in [0.25, 0.3) is 0 Å². The summed E-state index contributed by atoms with van der Waals surface area (Å²) in [6.45, 7) is 4.06. The molecule has 0 heterocycles. The largest absolute Gasteiger partial charge is 0.479 e. The number of rotatable bonds is 5. The van der Waals surface area contributed by atoms with E-state index < -0.39 is 12.1 Å². The highest BCUT2D eigenvalue weighted by Gasteiger charge is 2.15. The molecule has 3 nitrogen and oxygen atoms in total. The second-order valence-corrected chi connectivity index (χ2v) is 5.43. The Bertz CT molecular complexity index is 609. The van der Waals surface area contributed by atoms with Crippen LogP contribution in [0.2, 0.25) is 0 Å². The summed E-state index contributed by atoms with van der Waals surface area (Å²) in [6, 6.07) is 14.2. The van der Waals surface area contributed by atoms with E-state index in [0.717, 1.165) is 23.1 Å². The molecule has 2 aromatic carbocycles. The fourth-order valence-electron chi connectivity index (χ4n) is 2.59. The lowest BCUT2D eigenvalue weighted by molar-refractivity contribution is -0.146. The highest BCUT2D eigenvalue weighted by Crippen LogP contribution is 2.21. The van der Waals surface area contributed by atoms with Gasteiger partial charge in [-0.05, 0) is 48.1 Å². The number of hydrogen-bond acceptors (Lipinski definition) is 2. The fourth-order valence-corrected chi connectivity index (χ4v) is 2.59. The van der Waals surface area contributed by atoms with Gasteiger partial charge in [-0.1, -0.05) is 42.5 Å². The summed E-state index contributed by atoms with van der Waals surface area (Å²) in [5.74, 6) is -1.18. The van der Waals surface area contributed by atoms with E-state index in [4.69, 9.17) is 5.11 Å². The van der Waals surface area contributed by atoms with E-state index in [9.17, 15) is 9.90 Å². The summed E-state index contributed by atoms with van der Waals surface area (Å²) in [5.41, 5.74) is 5.63. The number of aliphatic hydroxyl groups is 1. The number of aryl methyl sites for hydroxylation is 2. The number of aliphatic hydroxyl groups excluding tert-OH is 1. The van der Waals surface area contributed by atoms with Crippen LogP contribution in [0.4, 0.5) is 0 Å². The third-order valence-corrected chi connectivity index (χ3v) is 3.69. The molecule has 21 heavy (non-hydrogen) atoms. The lowest BCUT2D eigenvalue weighted by atomic mass is 9.92. The molecule has 0 spiro atoms. The number of carboxylic acids is 1. The van der Waals surface area contributed by atoms with Crippen molar-refractivity contribution in [1.29, 1.82) is 0 Å². The monoisotopic (exact) mass is 284 g/mol. The normalized spacial score (nSPS) is 12.1. The van der Waals surface area contributed by atoms with Crippen molar-refractivity contribution in [2.24, 2.45) is 0 Å². The summed E-state index contributed by atoms with van der Waals surface area (Å²) < 4.78 is 0. The molecule has 110 valence electrons. The minimum Gasteiger partial charge on any atom is -0.479 e. The molecule has 0 aromatic heterocycles. The maximum atomic E-state index is 10.7. The molecule has 0 bridgehead atoms. The van der Waals surface area contributed by atoms with Crippen LogP contribution in [-0.2, 0) is 17.6 Å². The Morgan fingerprint density at radius 3 is 2.14 bits per heavy atom. The van der Waals surface area contributed by atoms with Crippen LogP contribution in [0.15, 0.2) is 42.5 Å². The van der Waals surface area contributed by atoms with Crippen LogP contribution in [-0.4, -0.2) is 22.3 Å². The second kappa shape index (κ2) is 6.55. The molecule has 0 aliphatic heterocycles. The first-order valence-electron chi connectivity index (χ1n) is 7.01. The first-order valence-corrected chi connectivity index (χ1v) is 7.01. The van der Waals surface area contributed by atoms with Crippen LogP contribution in [0.1, 0.15) is 27.8 Å². The van der Waals surface area contributed by atoms with E-state index >= 15 is 0 Å². The van der Waals surface area contributed by atoms with Crippen molar-refractivity contribution in [3.05, 3.63) is 70.3 Å². The highest BCUT2D eigenvalue weighted by molar-refractivity contribution is 5.72. The van der Waals surface area contributed by atoms with Crippen molar-refractivity contribution in [2.75, 3.05) is 0 Å². The van der Waals surface area contributed by atoms with Gasteiger partial charge < -0.3 is 10.2 Å². The fraction of sp³-hybridized carbons (Fsp3) is 0.278. The molecule has 0 saturated heterocycles. The van der Waals surface area contributed by atoms with Gasteiger partial charge in [-0.15, -0.1) is 0 Å². The van der Waals surface area contributed by atoms with Gasteiger partial charge in [-0.3, -0.25) is 0 Å². The molecule has 0 amide bonds. The van der Waals surface area contributed by atoms with E-state index in [1.54, 1.807) is 0 Å². The van der Waals surface area contributed by atoms with Gasteiger partial charge in [0.25, 0.3) is 0 Å². The molecule has 2 aromatic rings. The highest BCUT2D eigenvalue weighted by atomic mass is 16.4. The Hall–Kier alpha value is -2.13. The minimum atomic E-state index is -1.34. The van der Waals surface area contributed by atoms with Gasteiger partial charge >= 0.3 is 5.97 Å². The summed E-state index contributed by atoms with van der Waals surface area (Å²) in [6.07, 6.45) is -0.341. The Morgan fingerprint density at radius 1 is 1.05 bits per heavy atom. The van der Waals surface area contributed by atoms with E-state index in [-0.39, 0.29) is 6.42 Å². The van der Waals surface area contributed by atoms with Crippen molar-refractivity contribution in [2.45, 2.75) is 32.8 Å². The third-order valence-electron chi connectivity index (χ3n) is 3.69. The molecule has 2 N–H and O–H groups in total. The zero-order valence-corrected chi connectivity index (χ0v) is 12.3. The zero-order chi connectivity index (χ0) is 15.4. The predicted molar refractivity (Wildman–Crippen MR) is 82.5 cm³/mol. The smallest absolute Gasteiger partial charge is 0.332 e. The van der Waals surface area contributed by atoms with Crippen molar-refractivity contribution in [1.82, 2.24) is 0 Å². The molecular formula is C18H20O3. The number of carbonyl (C=O) groups is 1. The van der Waals surface area contributed by atoms with Gasteiger partial charge in [0.15, 0.2) is 6.10 Å². The lowest BCUT2D eigenvalue weighted by Gasteiger charge is -2.14. The van der Waals surface area contributed by atoms with Crippen LogP contribution < -0.4 is 0 Å². The Kier molecular flexibility index (Phi) is 4.76. The number of hydrogen-bond donors (Lipinski definition) is 2. The second-order valence-electron chi connectivity index (χ2n) is 5.43. The predicted octanol–water partition coefficient (Wildman–Crippen LogP) is 2.88. The van der Waals surface area contributed by atoms with Gasteiger partial charge in [0, 0.05) is 6.42 Å². The SMILES string of the molecule is Cc1cc(C[C@@H](O)C(=O)O)cc(C)c1Cc1ccccc1. The van der Waals surface area contributed by atoms with Gasteiger partial charge in [-0.25, -0.2) is 4.79 Å². The van der Waals surface area contributed by atoms with E-state index in [1.165, 1.54) is 11.1 Å².